The minimum absolute atomic E-state index is 0.0537. The summed E-state index contributed by atoms with van der Waals surface area (Å²) in [7, 11) is 0. The fourth-order valence-corrected chi connectivity index (χ4v) is 6.58. The van der Waals surface area contributed by atoms with E-state index in [4.69, 9.17) is 0 Å². The van der Waals surface area contributed by atoms with E-state index in [1.54, 1.807) is 16.7 Å². The van der Waals surface area contributed by atoms with Crippen LogP contribution in [0.3, 0.4) is 0 Å². The topological polar surface area (TPSA) is 91.6 Å². The van der Waals surface area contributed by atoms with Gasteiger partial charge in [0, 0.05) is 35.7 Å². The number of halogens is 2. The number of carbonyl (C=O) groups is 2. The van der Waals surface area contributed by atoms with Gasteiger partial charge in [0.1, 0.15) is 17.2 Å². The van der Waals surface area contributed by atoms with Crippen LogP contribution in [0.2, 0.25) is 0 Å². The summed E-state index contributed by atoms with van der Waals surface area (Å²) in [5.41, 5.74) is -1.34. The zero-order valence-corrected chi connectivity index (χ0v) is 17.8. The van der Waals surface area contributed by atoms with Crippen LogP contribution in [0.1, 0.15) is 52.1 Å². The number of fused-ring (bicyclic) bond motifs is 5. The molecule has 3 heterocycles. The van der Waals surface area contributed by atoms with Gasteiger partial charge >= 0.3 is 0 Å². The van der Waals surface area contributed by atoms with Crippen LogP contribution in [-0.2, 0) is 13.1 Å². The minimum atomic E-state index is -0.952. The molecule has 2 N–H and O–H groups in total. The fourth-order valence-electron chi connectivity index (χ4n) is 4.85. The monoisotopic (exact) mass is 461 g/mol. The van der Waals surface area contributed by atoms with Gasteiger partial charge in [0.2, 0.25) is 5.43 Å². The number of rotatable bonds is 3. The van der Waals surface area contributed by atoms with Gasteiger partial charge in [-0.05, 0) is 25.3 Å². The molecule has 2 amide bonds. The lowest BCUT2D eigenvalue weighted by atomic mass is 9.92. The van der Waals surface area contributed by atoms with Crippen molar-refractivity contribution in [3.05, 3.63) is 63.1 Å². The van der Waals surface area contributed by atoms with Gasteiger partial charge in [0.05, 0.1) is 11.9 Å². The first-order chi connectivity index (χ1) is 15.3. The molecule has 1 saturated carbocycles. The third-order valence-corrected chi connectivity index (χ3v) is 7.90. The summed E-state index contributed by atoms with van der Waals surface area (Å²) in [6, 6.07) is 3.07. The van der Waals surface area contributed by atoms with Crippen molar-refractivity contribution < 1.29 is 23.5 Å². The Labute approximate surface area is 186 Å². The standard InChI is InChI=1S/C22H21F2N3O4S/c23-12-5-4-11(16(24)6-12)8-25-21(30)15-9-26-10-17-27(13-2-1-3-14(7-13)32-17)22(31)18(26)20(29)19(15)28/h4-6,9,13-14,17,29H,1-3,7-8,10H2,(H,25,30)/t13-,14+,17?/m0/s1. The zero-order chi connectivity index (χ0) is 22.6. The lowest BCUT2D eigenvalue weighted by Crippen LogP contribution is -2.57. The molecule has 1 saturated heterocycles. The molecule has 10 heteroatoms. The maximum Gasteiger partial charge on any atom is 0.275 e. The smallest absolute Gasteiger partial charge is 0.275 e. The molecule has 1 aromatic carbocycles. The maximum absolute atomic E-state index is 13.8. The largest absolute Gasteiger partial charge is 0.503 e. The number of aromatic hydroxyl groups is 1. The van der Waals surface area contributed by atoms with Gasteiger partial charge in [0.15, 0.2) is 11.4 Å². The van der Waals surface area contributed by atoms with Crippen LogP contribution < -0.4 is 10.7 Å². The van der Waals surface area contributed by atoms with E-state index in [-0.39, 0.29) is 34.8 Å². The molecule has 32 heavy (non-hydrogen) atoms. The Balaban J connectivity index is 1.43. The summed E-state index contributed by atoms with van der Waals surface area (Å²) >= 11 is 1.72. The first-order valence-electron chi connectivity index (χ1n) is 10.5. The molecular weight excluding hydrogens is 440 g/mol. The van der Waals surface area contributed by atoms with Crippen LogP contribution in [0.25, 0.3) is 0 Å². The molecule has 168 valence electrons. The molecule has 2 aromatic rings. The first-order valence-corrected chi connectivity index (χ1v) is 11.4. The van der Waals surface area contributed by atoms with Crippen molar-refractivity contribution >= 4 is 23.6 Å². The van der Waals surface area contributed by atoms with Crippen molar-refractivity contribution in [2.75, 3.05) is 0 Å². The van der Waals surface area contributed by atoms with Gasteiger partial charge in [0.25, 0.3) is 11.8 Å². The highest BCUT2D eigenvalue weighted by molar-refractivity contribution is 8.00. The highest BCUT2D eigenvalue weighted by Crippen LogP contribution is 2.44. The van der Waals surface area contributed by atoms with E-state index in [9.17, 15) is 28.3 Å². The maximum atomic E-state index is 13.8. The molecule has 2 bridgehead atoms. The van der Waals surface area contributed by atoms with Gasteiger partial charge < -0.3 is 19.9 Å². The van der Waals surface area contributed by atoms with E-state index < -0.39 is 34.6 Å². The minimum Gasteiger partial charge on any atom is -0.503 e. The van der Waals surface area contributed by atoms with Gasteiger partial charge in [-0.25, -0.2) is 8.78 Å². The van der Waals surface area contributed by atoms with Crippen LogP contribution in [0.5, 0.6) is 5.75 Å². The van der Waals surface area contributed by atoms with E-state index in [1.165, 1.54) is 16.8 Å². The summed E-state index contributed by atoms with van der Waals surface area (Å²) < 4.78 is 28.4. The fraction of sp³-hybridized carbons (Fsp3) is 0.409. The lowest BCUT2D eigenvalue weighted by Gasteiger charge is -2.50. The van der Waals surface area contributed by atoms with Gasteiger partial charge in [-0.2, -0.15) is 0 Å². The normalized spacial score (nSPS) is 24.0. The van der Waals surface area contributed by atoms with E-state index in [0.29, 0.717) is 17.9 Å². The number of benzene rings is 1. The van der Waals surface area contributed by atoms with Crippen molar-refractivity contribution in [3.8, 4) is 5.75 Å². The second-order valence-corrected chi connectivity index (χ2v) is 9.87. The first kappa shape index (κ1) is 21.0. The number of pyridine rings is 1. The second-order valence-electron chi connectivity index (χ2n) is 8.39. The Morgan fingerprint density at radius 1 is 1.25 bits per heavy atom. The van der Waals surface area contributed by atoms with Crippen molar-refractivity contribution in [2.45, 2.75) is 55.4 Å². The summed E-state index contributed by atoms with van der Waals surface area (Å²) in [5, 5.41) is 13.3. The van der Waals surface area contributed by atoms with Gasteiger partial charge in [-0.3, -0.25) is 14.4 Å². The number of nitrogens with zero attached hydrogens (tertiary/aromatic N) is 2. The third kappa shape index (κ3) is 3.46. The van der Waals surface area contributed by atoms with Crippen LogP contribution in [0.4, 0.5) is 8.78 Å². The predicted octanol–water partition coefficient (Wildman–Crippen LogP) is 2.60. The highest BCUT2D eigenvalue weighted by Gasteiger charge is 2.45. The Morgan fingerprint density at radius 2 is 2.06 bits per heavy atom. The van der Waals surface area contributed by atoms with Crippen molar-refractivity contribution in [1.29, 1.82) is 0 Å². The van der Waals surface area contributed by atoms with Crippen LogP contribution in [0.15, 0.2) is 29.2 Å². The van der Waals surface area contributed by atoms with E-state index in [1.807, 2.05) is 0 Å². The molecule has 3 aliphatic rings. The Hall–Kier alpha value is -2.88. The molecular formula is C22H21F2N3O4S. The molecule has 5 rings (SSSR count). The molecule has 0 spiro atoms. The van der Waals surface area contributed by atoms with Crippen molar-refractivity contribution in [2.24, 2.45) is 0 Å². The Bertz CT molecular complexity index is 1180. The molecule has 0 radical (unpaired) electrons. The lowest BCUT2D eigenvalue weighted by molar-refractivity contribution is 0.0496. The SMILES string of the molecule is O=C(NCc1ccc(F)cc1F)c1cn2c(c(O)c1=O)C(=O)N1C(C2)S[C@@H]2CCC[C@H]1C2. The van der Waals surface area contributed by atoms with E-state index >= 15 is 0 Å². The number of amides is 2. The average Bonchev–Trinajstić information content (AvgIpc) is 2.75. The van der Waals surface area contributed by atoms with E-state index in [0.717, 1.165) is 31.7 Å². The Morgan fingerprint density at radius 3 is 2.84 bits per heavy atom. The summed E-state index contributed by atoms with van der Waals surface area (Å²) in [6.07, 6.45) is 5.26. The predicted molar refractivity (Wildman–Crippen MR) is 113 cm³/mol. The zero-order valence-electron chi connectivity index (χ0n) is 17.0. The molecule has 1 aliphatic carbocycles. The number of hydrogen-bond acceptors (Lipinski definition) is 5. The summed E-state index contributed by atoms with van der Waals surface area (Å²) in [5.74, 6) is -3.52. The molecule has 1 aromatic heterocycles. The summed E-state index contributed by atoms with van der Waals surface area (Å²) in [4.78, 5) is 40.3. The van der Waals surface area contributed by atoms with Gasteiger partial charge in [-0.15, -0.1) is 11.8 Å². The molecule has 3 atom stereocenters. The number of hydrogen-bond donors (Lipinski definition) is 2. The van der Waals surface area contributed by atoms with E-state index in [2.05, 4.69) is 5.32 Å². The quantitative estimate of drug-likeness (QED) is 0.733. The van der Waals surface area contributed by atoms with Crippen molar-refractivity contribution in [3.63, 3.8) is 0 Å². The number of aromatic nitrogens is 1. The molecule has 7 nitrogen and oxygen atoms in total. The highest BCUT2D eigenvalue weighted by atomic mass is 32.2. The number of nitrogens with one attached hydrogen (secondary N) is 1. The molecule has 2 fully saturated rings. The Kier molecular flexibility index (Phi) is 5.19. The van der Waals surface area contributed by atoms with Crippen molar-refractivity contribution in [1.82, 2.24) is 14.8 Å². The third-order valence-electron chi connectivity index (χ3n) is 6.40. The summed E-state index contributed by atoms with van der Waals surface area (Å²) in [6.45, 7) is 0.0981. The van der Waals surface area contributed by atoms with Crippen LogP contribution in [0, 0.1) is 11.6 Å². The number of carbonyl (C=O) groups excluding carboxylic acids is 2. The number of thioether (sulfide) groups is 1. The molecule has 2 aliphatic heterocycles. The average molecular weight is 461 g/mol. The van der Waals surface area contributed by atoms with Crippen LogP contribution in [-0.4, -0.2) is 43.1 Å². The van der Waals surface area contributed by atoms with Gasteiger partial charge in [-0.1, -0.05) is 12.5 Å². The molecule has 1 unspecified atom stereocenters. The second kappa shape index (κ2) is 7.91. The van der Waals surface area contributed by atoms with Crippen LogP contribution >= 0.6 is 11.8 Å².